The standard InChI is InChI=1S/C13H13FN6S/c1-20-8-16-11(19-20)7-15-13-18-17-12(21-13)6-9-4-2-3-5-10(9)14/h2-5,8H,6-7H2,1H3,(H,15,18). The maximum Gasteiger partial charge on any atom is 0.206 e. The van der Waals surface area contributed by atoms with Gasteiger partial charge in [-0.05, 0) is 11.6 Å². The molecule has 0 saturated carbocycles. The molecule has 0 unspecified atom stereocenters. The van der Waals surface area contributed by atoms with Crippen LogP contribution in [0.4, 0.5) is 9.52 Å². The number of aromatic nitrogens is 5. The van der Waals surface area contributed by atoms with Gasteiger partial charge in [-0.15, -0.1) is 10.2 Å². The number of nitrogens with one attached hydrogen (secondary N) is 1. The Hall–Kier alpha value is -2.35. The van der Waals surface area contributed by atoms with E-state index in [9.17, 15) is 4.39 Å². The fraction of sp³-hybridized carbons (Fsp3) is 0.231. The summed E-state index contributed by atoms with van der Waals surface area (Å²) in [6.07, 6.45) is 2.08. The molecule has 2 heterocycles. The Balaban J connectivity index is 1.62. The highest BCUT2D eigenvalue weighted by Gasteiger charge is 2.08. The van der Waals surface area contributed by atoms with Gasteiger partial charge in [0.2, 0.25) is 5.13 Å². The van der Waals surface area contributed by atoms with Gasteiger partial charge in [0, 0.05) is 13.5 Å². The molecule has 0 atom stereocenters. The van der Waals surface area contributed by atoms with E-state index in [2.05, 4.69) is 25.6 Å². The quantitative estimate of drug-likeness (QED) is 0.781. The number of benzene rings is 1. The molecule has 1 aromatic carbocycles. The molecule has 3 rings (SSSR count). The lowest BCUT2D eigenvalue weighted by molar-refractivity contribution is 0.613. The first-order valence-electron chi connectivity index (χ1n) is 6.35. The van der Waals surface area contributed by atoms with Crippen LogP contribution in [0.15, 0.2) is 30.6 Å². The number of hydrogen-bond acceptors (Lipinski definition) is 6. The molecule has 6 nitrogen and oxygen atoms in total. The zero-order valence-electron chi connectivity index (χ0n) is 11.3. The van der Waals surface area contributed by atoms with Crippen LogP contribution >= 0.6 is 11.3 Å². The summed E-state index contributed by atoms with van der Waals surface area (Å²) in [7, 11) is 1.81. The lowest BCUT2D eigenvalue weighted by Gasteiger charge is -1.98. The van der Waals surface area contributed by atoms with Gasteiger partial charge < -0.3 is 5.32 Å². The topological polar surface area (TPSA) is 68.5 Å². The lowest BCUT2D eigenvalue weighted by Crippen LogP contribution is -2.01. The Labute approximate surface area is 124 Å². The first kappa shape index (κ1) is 13.6. The predicted molar refractivity (Wildman–Crippen MR) is 77.4 cm³/mol. The van der Waals surface area contributed by atoms with Crippen LogP contribution in [0.3, 0.4) is 0 Å². The molecule has 108 valence electrons. The molecule has 3 aromatic rings. The third-order valence-corrected chi connectivity index (χ3v) is 3.69. The van der Waals surface area contributed by atoms with E-state index in [1.165, 1.54) is 17.4 Å². The van der Waals surface area contributed by atoms with Crippen LogP contribution in [-0.2, 0) is 20.0 Å². The minimum Gasteiger partial charge on any atom is -0.353 e. The molecule has 0 saturated heterocycles. The highest BCUT2D eigenvalue weighted by Crippen LogP contribution is 2.20. The van der Waals surface area contributed by atoms with E-state index in [4.69, 9.17) is 0 Å². The molecular formula is C13H13FN6S. The van der Waals surface area contributed by atoms with E-state index < -0.39 is 0 Å². The number of halogens is 1. The second-order valence-electron chi connectivity index (χ2n) is 4.46. The molecule has 21 heavy (non-hydrogen) atoms. The maximum atomic E-state index is 13.6. The van der Waals surface area contributed by atoms with Crippen molar-refractivity contribution < 1.29 is 4.39 Å². The third kappa shape index (κ3) is 3.40. The average molecular weight is 304 g/mol. The van der Waals surface area contributed by atoms with Crippen molar-refractivity contribution in [3.8, 4) is 0 Å². The van der Waals surface area contributed by atoms with Gasteiger partial charge in [0.1, 0.15) is 17.2 Å². The molecule has 0 amide bonds. The number of hydrogen-bond donors (Lipinski definition) is 1. The second kappa shape index (κ2) is 5.96. The van der Waals surface area contributed by atoms with Crippen molar-refractivity contribution in [1.82, 2.24) is 25.0 Å². The average Bonchev–Trinajstić information content (AvgIpc) is 3.08. The highest BCUT2D eigenvalue weighted by atomic mass is 32.1. The summed E-state index contributed by atoms with van der Waals surface area (Å²) >= 11 is 1.40. The summed E-state index contributed by atoms with van der Waals surface area (Å²) < 4.78 is 15.2. The molecule has 0 fully saturated rings. The molecule has 1 N–H and O–H groups in total. The van der Waals surface area contributed by atoms with Crippen LogP contribution in [0.25, 0.3) is 0 Å². The summed E-state index contributed by atoms with van der Waals surface area (Å²) in [6.45, 7) is 0.481. The van der Waals surface area contributed by atoms with Crippen LogP contribution in [0.1, 0.15) is 16.4 Å². The Morgan fingerprint density at radius 2 is 2.14 bits per heavy atom. The molecule has 0 aliphatic heterocycles. The van der Waals surface area contributed by atoms with Gasteiger partial charge in [-0.3, -0.25) is 4.68 Å². The van der Waals surface area contributed by atoms with Crippen molar-refractivity contribution in [1.29, 1.82) is 0 Å². The summed E-state index contributed by atoms with van der Waals surface area (Å²) in [6, 6.07) is 6.68. The third-order valence-electron chi connectivity index (χ3n) is 2.81. The summed E-state index contributed by atoms with van der Waals surface area (Å²) in [4.78, 5) is 4.11. The van der Waals surface area contributed by atoms with Gasteiger partial charge in [-0.2, -0.15) is 5.10 Å². The van der Waals surface area contributed by atoms with Crippen molar-refractivity contribution in [2.24, 2.45) is 7.05 Å². The number of aryl methyl sites for hydroxylation is 1. The Morgan fingerprint density at radius 3 is 2.90 bits per heavy atom. The van der Waals surface area contributed by atoms with Crippen molar-refractivity contribution in [2.45, 2.75) is 13.0 Å². The fourth-order valence-corrected chi connectivity index (χ4v) is 2.58. The van der Waals surface area contributed by atoms with E-state index >= 15 is 0 Å². The van der Waals surface area contributed by atoms with E-state index in [0.717, 1.165) is 5.01 Å². The Bertz CT molecular complexity index is 738. The van der Waals surface area contributed by atoms with Gasteiger partial charge >= 0.3 is 0 Å². The molecular weight excluding hydrogens is 291 g/mol. The molecule has 8 heteroatoms. The van der Waals surface area contributed by atoms with E-state index in [0.29, 0.717) is 29.5 Å². The van der Waals surface area contributed by atoms with Crippen LogP contribution in [-0.4, -0.2) is 25.0 Å². The summed E-state index contributed by atoms with van der Waals surface area (Å²) in [5.74, 6) is 0.461. The van der Waals surface area contributed by atoms with Crippen LogP contribution in [0, 0.1) is 5.82 Å². The van der Waals surface area contributed by atoms with Crippen LogP contribution in [0.5, 0.6) is 0 Å². The SMILES string of the molecule is Cn1cnc(CNc2nnc(Cc3ccccc3F)s2)n1. The lowest BCUT2D eigenvalue weighted by atomic mass is 10.1. The smallest absolute Gasteiger partial charge is 0.206 e. The second-order valence-corrected chi connectivity index (χ2v) is 5.52. The van der Waals surface area contributed by atoms with E-state index in [1.807, 2.05) is 13.1 Å². The zero-order chi connectivity index (χ0) is 14.7. The molecule has 0 aliphatic carbocycles. The number of nitrogens with zero attached hydrogens (tertiary/aromatic N) is 5. The monoisotopic (exact) mass is 304 g/mol. The Morgan fingerprint density at radius 1 is 1.29 bits per heavy atom. The maximum absolute atomic E-state index is 13.6. The summed E-state index contributed by atoms with van der Waals surface area (Å²) in [5, 5.41) is 16.8. The molecule has 0 bridgehead atoms. The Kier molecular flexibility index (Phi) is 3.87. The van der Waals surface area contributed by atoms with Crippen LogP contribution < -0.4 is 5.32 Å². The number of anilines is 1. The number of rotatable bonds is 5. The van der Waals surface area contributed by atoms with Gasteiger partial charge in [-0.25, -0.2) is 9.37 Å². The van der Waals surface area contributed by atoms with Gasteiger partial charge in [0.25, 0.3) is 0 Å². The molecule has 0 spiro atoms. The van der Waals surface area contributed by atoms with Gasteiger partial charge in [0.05, 0.1) is 6.54 Å². The largest absolute Gasteiger partial charge is 0.353 e. The van der Waals surface area contributed by atoms with Crippen molar-refractivity contribution in [2.75, 3.05) is 5.32 Å². The first-order valence-corrected chi connectivity index (χ1v) is 7.16. The molecule has 2 aromatic heterocycles. The van der Waals surface area contributed by atoms with Gasteiger partial charge in [0.15, 0.2) is 5.82 Å². The molecule has 0 radical (unpaired) electrons. The fourth-order valence-electron chi connectivity index (χ4n) is 1.82. The van der Waals surface area contributed by atoms with Crippen molar-refractivity contribution in [3.63, 3.8) is 0 Å². The minimum absolute atomic E-state index is 0.222. The van der Waals surface area contributed by atoms with Crippen LogP contribution in [0.2, 0.25) is 0 Å². The minimum atomic E-state index is -0.222. The van der Waals surface area contributed by atoms with Gasteiger partial charge in [-0.1, -0.05) is 29.5 Å². The highest BCUT2D eigenvalue weighted by molar-refractivity contribution is 7.15. The van der Waals surface area contributed by atoms with Crippen molar-refractivity contribution in [3.05, 3.63) is 52.8 Å². The summed E-state index contributed by atoms with van der Waals surface area (Å²) in [5.41, 5.74) is 0.617. The van der Waals surface area contributed by atoms with Crippen molar-refractivity contribution >= 4 is 16.5 Å². The predicted octanol–water partition coefficient (Wildman–Crippen LogP) is 2.01. The molecule has 0 aliphatic rings. The first-order chi connectivity index (χ1) is 10.2. The van der Waals surface area contributed by atoms with E-state index in [1.54, 1.807) is 23.1 Å². The zero-order valence-corrected chi connectivity index (χ0v) is 12.1. The normalized spacial score (nSPS) is 10.8. The van der Waals surface area contributed by atoms with E-state index in [-0.39, 0.29) is 5.82 Å².